The zero-order valence-corrected chi connectivity index (χ0v) is 18.6. The summed E-state index contributed by atoms with van der Waals surface area (Å²) in [6, 6.07) is 10.00. The van der Waals surface area contributed by atoms with Crippen LogP contribution >= 0.6 is 0 Å². The number of carbonyl (C=O) groups is 2. The van der Waals surface area contributed by atoms with E-state index in [4.69, 9.17) is 14.2 Å². The fourth-order valence-electron chi connectivity index (χ4n) is 3.81. The van der Waals surface area contributed by atoms with Gasteiger partial charge in [0.25, 0.3) is 11.5 Å². The average molecular weight is 440 g/mol. The molecule has 0 saturated carbocycles. The summed E-state index contributed by atoms with van der Waals surface area (Å²) in [6.07, 6.45) is 4.50. The van der Waals surface area contributed by atoms with E-state index in [2.05, 4.69) is 0 Å². The van der Waals surface area contributed by atoms with Crippen molar-refractivity contribution in [1.29, 1.82) is 0 Å². The fraction of sp³-hybridized carbons (Fsp3) is 0.375. The maximum Gasteiger partial charge on any atom is 0.310 e. The number of rotatable bonds is 7. The molecule has 2 aromatic rings. The van der Waals surface area contributed by atoms with Gasteiger partial charge in [-0.05, 0) is 38.0 Å². The summed E-state index contributed by atoms with van der Waals surface area (Å²) in [5.74, 6) is -0.0760. The lowest BCUT2D eigenvalue weighted by Crippen LogP contribution is -2.44. The molecule has 0 bridgehead atoms. The zero-order valence-electron chi connectivity index (χ0n) is 18.6. The molecule has 8 heteroatoms. The lowest BCUT2D eigenvalue weighted by molar-refractivity contribution is -0.150. The molecule has 1 atom stereocenters. The number of para-hydroxylation sites is 1. The molecule has 1 aromatic carbocycles. The molecule has 1 aliphatic rings. The Labute approximate surface area is 187 Å². The van der Waals surface area contributed by atoms with Crippen molar-refractivity contribution in [2.45, 2.75) is 19.8 Å². The van der Waals surface area contributed by atoms with Crippen molar-refractivity contribution in [3.63, 3.8) is 0 Å². The van der Waals surface area contributed by atoms with Crippen LogP contribution in [0.15, 0.2) is 47.4 Å². The van der Waals surface area contributed by atoms with Gasteiger partial charge < -0.3 is 19.1 Å². The third-order valence-electron chi connectivity index (χ3n) is 5.36. The van der Waals surface area contributed by atoms with Gasteiger partial charge in [-0.15, -0.1) is 0 Å². The molecule has 0 spiro atoms. The summed E-state index contributed by atoms with van der Waals surface area (Å²) >= 11 is 0. The number of pyridine rings is 1. The van der Waals surface area contributed by atoms with Crippen LogP contribution in [0.5, 0.6) is 11.5 Å². The predicted molar refractivity (Wildman–Crippen MR) is 120 cm³/mol. The topological polar surface area (TPSA) is 87.1 Å². The van der Waals surface area contributed by atoms with Crippen LogP contribution < -0.4 is 15.0 Å². The Morgan fingerprint density at radius 1 is 1.12 bits per heavy atom. The molecule has 1 fully saturated rings. The molecule has 170 valence electrons. The van der Waals surface area contributed by atoms with Crippen LogP contribution in [0.25, 0.3) is 11.8 Å². The van der Waals surface area contributed by atoms with Gasteiger partial charge in [0, 0.05) is 30.9 Å². The molecule has 1 aliphatic heterocycles. The minimum atomic E-state index is -0.382. The highest BCUT2D eigenvalue weighted by atomic mass is 16.5. The summed E-state index contributed by atoms with van der Waals surface area (Å²) in [6.45, 7) is 2.78. The summed E-state index contributed by atoms with van der Waals surface area (Å²) in [5.41, 5.74) is 0.407. The summed E-state index contributed by atoms with van der Waals surface area (Å²) in [7, 11) is 3.04. The van der Waals surface area contributed by atoms with Crippen molar-refractivity contribution in [2.24, 2.45) is 5.92 Å². The Hall–Kier alpha value is -3.55. The molecule has 0 unspecified atom stereocenters. The van der Waals surface area contributed by atoms with Gasteiger partial charge in [-0.3, -0.25) is 19.0 Å². The van der Waals surface area contributed by atoms with Crippen LogP contribution in [0.1, 0.15) is 25.3 Å². The van der Waals surface area contributed by atoms with Crippen molar-refractivity contribution >= 4 is 23.6 Å². The Bertz CT molecular complexity index is 1060. The van der Waals surface area contributed by atoms with E-state index < -0.39 is 0 Å². The average Bonchev–Trinajstić information content (AvgIpc) is 2.82. The summed E-state index contributed by atoms with van der Waals surface area (Å²) in [5, 5.41) is 0. The predicted octanol–water partition coefficient (Wildman–Crippen LogP) is 2.67. The minimum absolute atomic E-state index is 0.159. The second-order valence-electron chi connectivity index (χ2n) is 7.36. The number of hydrogen-bond acceptors (Lipinski definition) is 6. The van der Waals surface area contributed by atoms with E-state index in [0.29, 0.717) is 43.1 Å². The summed E-state index contributed by atoms with van der Waals surface area (Å²) < 4.78 is 17.3. The highest BCUT2D eigenvalue weighted by Gasteiger charge is 2.31. The molecule has 0 radical (unpaired) electrons. The fourth-order valence-corrected chi connectivity index (χ4v) is 3.81. The molecule has 32 heavy (non-hydrogen) atoms. The van der Waals surface area contributed by atoms with Crippen molar-refractivity contribution in [1.82, 2.24) is 9.47 Å². The third kappa shape index (κ3) is 5.01. The van der Waals surface area contributed by atoms with Crippen LogP contribution in [-0.4, -0.2) is 55.3 Å². The molecule has 8 nitrogen and oxygen atoms in total. The molecule has 1 aromatic heterocycles. The molecule has 0 aliphatic carbocycles. The van der Waals surface area contributed by atoms with Gasteiger partial charge in [-0.2, -0.15) is 0 Å². The first kappa shape index (κ1) is 23.1. The van der Waals surface area contributed by atoms with Gasteiger partial charge in [0.2, 0.25) is 0 Å². The standard InChI is InChI=1S/C24H28N2O6/c1-4-32-24(29)18-10-8-13-25(16-18)23(28)19(26-14-6-5-12-21(26)27)15-17-9-7-11-20(30-2)22(17)31-3/h5-7,9,11-12,14-15,18H,4,8,10,13,16H2,1-3H3/b19-15+/t18-/m1/s1. The summed E-state index contributed by atoms with van der Waals surface area (Å²) in [4.78, 5) is 40.0. The van der Waals surface area contributed by atoms with E-state index in [1.54, 1.807) is 54.4 Å². The molecule has 0 N–H and O–H groups in total. The first-order valence-electron chi connectivity index (χ1n) is 10.6. The number of hydrogen-bond donors (Lipinski definition) is 0. The van der Waals surface area contributed by atoms with E-state index in [1.807, 2.05) is 0 Å². The maximum atomic E-state index is 13.6. The first-order valence-corrected chi connectivity index (χ1v) is 10.6. The van der Waals surface area contributed by atoms with Crippen LogP contribution in [0.2, 0.25) is 0 Å². The second-order valence-corrected chi connectivity index (χ2v) is 7.36. The maximum absolute atomic E-state index is 13.6. The first-order chi connectivity index (χ1) is 15.5. The van der Waals surface area contributed by atoms with E-state index in [1.165, 1.54) is 24.9 Å². The van der Waals surface area contributed by atoms with Gasteiger partial charge in [0.1, 0.15) is 5.70 Å². The smallest absolute Gasteiger partial charge is 0.310 e. The van der Waals surface area contributed by atoms with E-state index in [-0.39, 0.29) is 35.6 Å². The van der Waals surface area contributed by atoms with Gasteiger partial charge in [-0.25, -0.2) is 0 Å². The number of benzene rings is 1. The normalized spacial score (nSPS) is 16.4. The Morgan fingerprint density at radius 2 is 1.94 bits per heavy atom. The zero-order chi connectivity index (χ0) is 23.1. The number of amides is 1. The molecule has 3 rings (SSSR count). The number of likely N-dealkylation sites (tertiary alicyclic amines) is 1. The van der Waals surface area contributed by atoms with E-state index in [9.17, 15) is 14.4 Å². The Balaban J connectivity index is 2.04. The lowest BCUT2D eigenvalue weighted by Gasteiger charge is -2.32. The van der Waals surface area contributed by atoms with Gasteiger partial charge in [0.15, 0.2) is 11.5 Å². The molecule has 2 heterocycles. The number of aromatic nitrogens is 1. The van der Waals surface area contributed by atoms with Crippen LogP contribution in [-0.2, 0) is 14.3 Å². The monoisotopic (exact) mass is 440 g/mol. The number of esters is 1. The van der Waals surface area contributed by atoms with Gasteiger partial charge >= 0.3 is 5.97 Å². The van der Waals surface area contributed by atoms with Crippen LogP contribution in [0, 0.1) is 5.92 Å². The third-order valence-corrected chi connectivity index (χ3v) is 5.36. The SMILES string of the molecule is CCOC(=O)[C@@H]1CCCN(C(=O)/C(=C\c2cccc(OC)c2OC)n2ccccc2=O)C1. The molecular weight excluding hydrogens is 412 g/mol. The molecular formula is C24H28N2O6. The van der Waals surface area contributed by atoms with Gasteiger partial charge in [-0.1, -0.05) is 18.2 Å². The molecule has 1 saturated heterocycles. The second kappa shape index (κ2) is 10.7. The largest absolute Gasteiger partial charge is 0.493 e. The Kier molecular flexibility index (Phi) is 7.70. The van der Waals surface area contributed by atoms with Crippen molar-refractivity contribution in [3.05, 3.63) is 58.5 Å². The van der Waals surface area contributed by atoms with Crippen molar-refractivity contribution in [3.8, 4) is 11.5 Å². The van der Waals surface area contributed by atoms with Crippen molar-refractivity contribution in [2.75, 3.05) is 33.9 Å². The van der Waals surface area contributed by atoms with Crippen LogP contribution in [0.4, 0.5) is 0 Å². The van der Waals surface area contributed by atoms with Crippen molar-refractivity contribution < 1.29 is 23.8 Å². The highest BCUT2D eigenvalue weighted by molar-refractivity contribution is 6.18. The number of methoxy groups -OCH3 is 2. The quantitative estimate of drug-likeness (QED) is 0.486. The minimum Gasteiger partial charge on any atom is -0.493 e. The van der Waals surface area contributed by atoms with E-state index >= 15 is 0 Å². The number of ether oxygens (including phenoxy) is 3. The number of carbonyl (C=O) groups excluding carboxylic acids is 2. The van der Waals surface area contributed by atoms with Gasteiger partial charge in [0.05, 0.1) is 26.7 Å². The van der Waals surface area contributed by atoms with E-state index in [0.717, 1.165) is 0 Å². The van der Waals surface area contributed by atoms with Crippen LogP contribution in [0.3, 0.4) is 0 Å². The number of nitrogens with zero attached hydrogens (tertiary/aromatic N) is 2. The number of piperidine rings is 1. The lowest BCUT2D eigenvalue weighted by atomic mass is 9.97. The Morgan fingerprint density at radius 3 is 2.62 bits per heavy atom. The molecule has 1 amide bonds. The highest BCUT2D eigenvalue weighted by Crippen LogP contribution is 2.33.